The quantitative estimate of drug-likeness (QED) is 0.886. The Morgan fingerprint density at radius 3 is 2.70 bits per heavy atom. The van der Waals surface area contributed by atoms with Crippen molar-refractivity contribution < 1.29 is 4.79 Å². The number of aryl methyl sites for hydroxylation is 1. The summed E-state index contributed by atoms with van der Waals surface area (Å²) in [6, 6.07) is 10.3. The zero-order valence-electron chi connectivity index (χ0n) is 13.5. The second-order valence-electron chi connectivity index (χ2n) is 6.07. The van der Waals surface area contributed by atoms with E-state index in [9.17, 15) is 4.79 Å². The van der Waals surface area contributed by atoms with E-state index in [-0.39, 0.29) is 11.9 Å². The molecule has 122 valence electrons. The molecule has 1 aromatic carbocycles. The third kappa shape index (κ3) is 4.62. The predicted molar refractivity (Wildman–Crippen MR) is 93.6 cm³/mol. The Hall–Kier alpha value is -1.72. The fourth-order valence-electron chi connectivity index (χ4n) is 3.04. The van der Waals surface area contributed by atoms with Gasteiger partial charge in [-0.2, -0.15) is 0 Å². The van der Waals surface area contributed by atoms with Gasteiger partial charge in [-0.05, 0) is 38.4 Å². The van der Waals surface area contributed by atoms with Gasteiger partial charge in [0.25, 0.3) is 0 Å². The first kappa shape index (κ1) is 16.1. The highest BCUT2D eigenvalue weighted by Crippen LogP contribution is 2.18. The zero-order chi connectivity index (χ0) is 16.1. The van der Waals surface area contributed by atoms with Crippen LogP contribution in [0, 0.1) is 6.92 Å². The largest absolute Gasteiger partial charge is 0.348 e. The summed E-state index contributed by atoms with van der Waals surface area (Å²) in [6.07, 6.45) is 2.87. The average Bonchev–Trinajstić information content (AvgIpc) is 3.19. The Kier molecular flexibility index (Phi) is 5.41. The van der Waals surface area contributed by atoms with Crippen LogP contribution in [0.25, 0.3) is 0 Å². The minimum Gasteiger partial charge on any atom is -0.348 e. The van der Waals surface area contributed by atoms with E-state index in [0.29, 0.717) is 6.42 Å². The van der Waals surface area contributed by atoms with Gasteiger partial charge >= 0.3 is 0 Å². The van der Waals surface area contributed by atoms with E-state index < -0.39 is 0 Å². The van der Waals surface area contributed by atoms with E-state index in [1.165, 1.54) is 18.4 Å². The van der Waals surface area contributed by atoms with Gasteiger partial charge in [0.2, 0.25) is 5.91 Å². The lowest BCUT2D eigenvalue weighted by Crippen LogP contribution is -2.37. The number of carbonyl (C=O) groups excluding carboxylic acids is 1. The van der Waals surface area contributed by atoms with E-state index >= 15 is 0 Å². The molecule has 1 aliphatic rings. The van der Waals surface area contributed by atoms with Gasteiger partial charge in [0, 0.05) is 11.9 Å². The number of benzene rings is 1. The number of amides is 1. The van der Waals surface area contributed by atoms with Crippen molar-refractivity contribution in [2.45, 2.75) is 32.2 Å². The Bertz CT molecular complexity index is 635. The minimum absolute atomic E-state index is 0.0431. The van der Waals surface area contributed by atoms with E-state index in [0.717, 1.165) is 30.3 Å². The molecule has 5 heteroatoms. The molecule has 0 bridgehead atoms. The fraction of sp³-hybridized carbons (Fsp3) is 0.444. The maximum absolute atomic E-state index is 12.4. The first-order valence-electron chi connectivity index (χ1n) is 8.18. The van der Waals surface area contributed by atoms with Crippen LogP contribution in [-0.2, 0) is 11.2 Å². The Morgan fingerprint density at radius 1 is 1.30 bits per heavy atom. The Morgan fingerprint density at radius 2 is 2.04 bits per heavy atom. The highest BCUT2D eigenvalue weighted by Gasteiger charge is 2.21. The van der Waals surface area contributed by atoms with Gasteiger partial charge in [0.15, 0.2) is 0 Å². The van der Waals surface area contributed by atoms with E-state index in [1.807, 2.05) is 30.5 Å². The summed E-state index contributed by atoms with van der Waals surface area (Å²) < 4.78 is 0. The first-order chi connectivity index (χ1) is 11.2. The van der Waals surface area contributed by atoms with Gasteiger partial charge < -0.3 is 10.2 Å². The monoisotopic (exact) mass is 329 g/mol. The van der Waals surface area contributed by atoms with Gasteiger partial charge in [-0.15, -0.1) is 11.3 Å². The van der Waals surface area contributed by atoms with Crippen LogP contribution in [0.15, 0.2) is 35.7 Å². The average molecular weight is 329 g/mol. The number of hydrogen-bond donors (Lipinski definition) is 1. The summed E-state index contributed by atoms with van der Waals surface area (Å²) >= 11 is 1.59. The van der Waals surface area contributed by atoms with Crippen LogP contribution in [0.3, 0.4) is 0 Å². The molecule has 0 radical (unpaired) electrons. The second-order valence-corrected chi connectivity index (χ2v) is 7.14. The number of nitrogens with zero attached hydrogens (tertiary/aromatic N) is 2. The van der Waals surface area contributed by atoms with Crippen molar-refractivity contribution in [1.82, 2.24) is 15.2 Å². The molecule has 1 saturated heterocycles. The van der Waals surface area contributed by atoms with Gasteiger partial charge in [0.1, 0.15) is 0 Å². The molecule has 1 N–H and O–H groups in total. The molecule has 2 heterocycles. The number of rotatable bonds is 6. The third-order valence-electron chi connectivity index (χ3n) is 4.18. The predicted octanol–water partition coefficient (Wildman–Crippen LogP) is 2.95. The highest BCUT2D eigenvalue weighted by atomic mass is 32.1. The minimum atomic E-state index is 0.0431. The summed E-state index contributed by atoms with van der Waals surface area (Å²) in [6.45, 7) is 5.10. The number of aromatic nitrogens is 1. The topological polar surface area (TPSA) is 45.2 Å². The van der Waals surface area contributed by atoms with Crippen LogP contribution in [0.2, 0.25) is 0 Å². The number of nitrogens with one attached hydrogen (secondary N) is 1. The molecule has 23 heavy (non-hydrogen) atoms. The van der Waals surface area contributed by atoms with E-state index in [2.05, 4.69) is 27.3 Å². The smallest absolute Gasteiger partial charge is 0.226 e. The summed E-state index contributed by atoms with van der Waals surface area (Å²) in [5, 5.41) is 6.17. The van der Waals surface area contributed by atoms with E-state index in [1.54, 1.807) is 11.3 Å². The third-order valence-corrected chi connectivity index (χ3v) is 5.01. The number of hydrogen-bond acceptors (Lipinski definition) is 4. The lowest BCUT2D eigenvalue weighted by molar-refractivity contribution is -0.121. The Labute approximate surface area is 141 Å². The van der Waals surface area contributed by atoms with Gasteiger partial charge in [-0.1, -0.05) is 30.3 Å². The number of likely N-dealkylation sites (tertiary alicyclic amines) is 1. The molecule has 1 unspecified atom stereocenters. The molecule has 1 aliphatic heterocycles. The van der Waals surface area contributed by atoms with Crippen LogP contribution in [0.5, 0.6) is 0 Å². The number of thiazole rings is 1. The van der Waals surface area contributed by atoms with Crippen molar-refractivity contribution in [1.29, 1.82) is 0 Å². The summed E-state index contributed by atoms with van der Waals surface area (Å²) in [5.74, 6) is 0.0448. The standard InChI is InChI=1S/C18H23N3OS/c1-14-19-16(13-23-14)11-18(22)20-17(12-21-9-5-6-10-21)15-7-3-2-4-8-15/h2-4,7-8,13,17H,5-6,9-12H2,1H3,(H,20,22). The normalized spacial score (nSPS) is 16.4. The van der Waals surface area contributed by atoms with Crippen molar-refractivity contribution in [3.8, 4) is 0 Å². The van der Waals surface area contributed by atoms with Crippen molar-refractivity contribution in [2.75, 3.05) is 19.6 Å². The van der Waals surface area contributed by atoms with Gasteiger partial charge in [-0.25, -0.2) is 4.98 Å². The van der Waals surface area contributed by atoms with Crippen LogP contribution in [0.1, 0.15) is 35.1 Å². The molecule has 0 spiro atoms. The summed E-state index contributed by atoms with van der Waals surface area (Å²) in [7, 11) is 0. The lowest BCUT2D eigenvalue weighted by Gasteiger charge is -2.25. The Balaban J connectivity index is 1.66. The molecule has 1 aromatic heterocycles. The maximum Gasteiger partial charge on any atom is 0.226 e. The van der Waals surface area contributed by atoms with Crippen molar-refractivity contribution >= 4 is 17.2 Å². The molecule has 2 aromatic rings. The highest BCUT2D eigenvalue weighted by molar-refractivity contribution is 7.09. The van der Waals surface area contributed by atoms with Gasteiger partial charge in [0.05, 0.1) is 23.2 Å². The summed E-state index contributed by atoms with van der Waals surface area (Å²) in [4.78, 5) is 19.2. The first-order valence-corrected chi connectivity index (χ1v) is 9.06. The van der Waals surface area contributed by atoms with Crippen molar-refractivity contribution in [3.05, 3.63) is 52.0 Å². The molecule has 1 atom stereocenters. The van der Waals surface area contributed by atoms with Crippen LogP contribution in [0.4, 0.5) is 0 Å². The molecular weight excluding hydrogens is 306 g/mol. The molecule has 1 fully saturated rings. The molecule has 1 amide bonds. The molecule has 0 aliphatic carbocycles. The van der Waals surface area contributed by atoms with Crippen LogP contribution < -0.4 is 5.32 Å². The van der Waals surface area contributed by atoms with Crippen molar-refractivity contribution in [2.24, 2.45) is 0 Å². The van der Waals surface area contributed by atoms with E-state index in [4.69, 9.17) is 0 Å². The second kappa shape index (κ2) is 7.70. The molecular formula is C18H23N3OS. The summed E-state index contributed by atoms with van der Waals surface area (Å²) in [5.41, 5.74) is 2.03. The molecule has 4 nitrogen and oxygen atoms in total. The lowest BCUT2D eigenvalue weighted by atomic mass is 10.1. The van der Waals surface area contributed by atoms with Crippen LogP contribution in [-0.4, -0.2) is 35.4 Å². The van der Waals surface area contributed by atoms with Crippen molar-refractivity contribution in [3.63, 3.8) is 0 Å². The molecule has 3 rings (SSSR count). The molecule has 0 saturated carbocycles. The maximum atomic E-state index is 12.4. The van der Waals surface area contributed by atoms with Gasteiger partial charge in [-0.3, -0.25) is 4.79 Å². The fourth-order valence-corrected chi connectivity index (χ4v) is 3.66. The SMILES string of the molecule is Cc1nc(CC(=O)NC(CN2CCCC2)c2ccccc2)cs1. The zero-order valence-corrected chi connectivity index (χ0v) is 14.3. The van der Waals surface area contributed by atoms with Crippen LogP contribution >= 0.6 is 11.3 Å². The number of carbonyl (C=O) groups is 1.